The standard InChI is InChI=1S/C18H20BrN3O3/c1-12-5-4-6-14(7-12)20-11-18(23)22-21-10-13-8-15(19)17(25-3)9-16(13)24-2/h4-10,20H,11H2,1-3H3,(H,22,23)/b21-10-. The number of benzene rings is 2. The zero-order valence-electron chi connectivity index (χ0n) is 14.3. The largest absolute Gasteiger partial charge is 0.496 e. The van der Waals surface area contributed by atoms with Gasteiger partial charge in [-0.2, -0.15) is 5.10 Å². The quantitative estimate of drug-likeness (QED) is 0.547. The van der Waals surface area contributed by atoms with Crippen LogP contribution in [0.4, 0.5) is 5.69 Å². The number of nitrogens with one attached hydrogen (secondary N) is 2. The van der Waals surface area contributed by atoms with Gasteiger partial charge in [0.1, 0.15) is 11.5 Å². The number of amides is 1. The molecule has 0 saturated heterocycles. The Morgan fingerprint density at radius 1 is 1.20 bits per heavy atom. The molecule has 132 valence electrons. The van der Waals surface area contributed by atoms with Crippen molar-refractivity contribution in [2.45, 2.75) is 6.92 Å². The molecule has 0 bridgehead atoms. The van der Waals surface area contributed by atoms with Gasteiger partial charge < -0.3 is 14.8 Å². The number of ether oxygens (including phenoxy) is 2. The second-order valence-electron chi connectivity index (χ2n) is 5.24. The molecule has 6 nitrogen and oxygen atoms in total. The first-order chi connectivity index (χ1) is 12.0. The molecule has 2 rings (SSSR count). The second-order valence-corrected chi connectivity index (χ2v) is 6.10. The van der Waals surface area contributed by atoms with Gasteiger partial charge in [0.15, 0.2) is 0 Å². The molecule has 2 aromatic rings. The minimum absolute atomic E-state index is 0.129. The molecule has 0 heterocycles. The lowest BCUT2D eigenvalue weighted by atomic mass is 10.2. The lowest BCUT2D eigenvalue weighted by Gasteiger charge is -2.09. The number of hydrogen-bond acceptors (Lipinski definition) is 5. The fraction of sp³-hybridized carbons (Fsp3) is 0.222. The maximum atomic E-state index is 11.9. The molecule has 0 spiro atoms. The number of hydrazone groups is 1. The summed E-state index contributed by atoms with van der Waals surface area (Å²) in [5, 5.41) is 7.02. The van der Waals surface area contributed by atoms with Gasteiger partial charge >= 0.3 is 0 Å². The molecule has 0 aliphatic rings. The van der Waals surface area contributed by atoms with E-state index in [1.807, 2.05) is 31.2 Å². The second kappa shape index (κ2) is 9.08. The highest BCUT2D eigenvalue weighted by Crippen LogP contribution is 2.31. The zero-order valence-corrected chi connectivity index (χ0v) is 15.9. The van der Waals surface area contributed by atoms with Crippen LogP contribution < -0.4 is 20.2 Å². The summed E-state index contributed by atoms with van der Waals surface area (Å²) in [5.41, 5.74) is 5.21. The number of halogens is 1. The highest BCUT2D eigenvalue weighted by molar-refractivity contribution is 9.10. The first-order valence-electron chi connectivity index (χ1n) is 7.57. The van der Waals surface area contributed by atoms with E-state index in [1.54, 1.807) is 26.4 Å². The van der Waals surface area contributed by atoms with E-state index >= 15 is 0 Å². The number of carbonyl (C=O) groups is 1. The Morgan fingerprint density at radius 2 is 1.96 bits per heavy atom. The summed E-state index contributed by atoms with van der Waals surface area (Å²) in [4.78, 5) is 11.9. The maximum absolute atomic E-state index is 11.9. The monoisotopic (exact) mass is 405 g/mol. The van der Waals surface area contributed by atoms with Crippen molar-refractivity contribution < 1.29 is 14.3 Å². The number of hydrogen-bond donors (Lipinski definition) is 2. The number of anilines is 1. The summed E-state index contributed by atoms with van der Waals surface area (Å²) in [6, 6.07) is 11.3. The Kier molecular flexibility index (Phi) is 6.82. The molecular weight excluding hydrogens is 386 g/mol. The third kappa shape index (κ3) is 5.49. The Morgan fingerprint density at radius 3 is 2.64 bits per heavy atom. The highest BCUT2D eigenvalue weighted by Gasteiger charge is 2.08. The van der Waals surface area contributed by atoms with Crippen LogP contribution in [-0.2, 0) is 4.79 Å². The molecule has 0 aliphatic carbocycles. The zero-order chi connectivity index (χ0) is 18.2. The Bertz CT molecular complexity index is 778. The van der Waals surface area contributed by atoms with E-state index in [0.717, 1.165) is 15.7 Å². The van der Waals surface area contributed by atoms with Crippen LogP contribution in [0, 0.1) is 6.92 Å². The molecule has 2 aromatic carbocycles. The molecule has 7 heteroatoms. The van der Waals surface area contributed by atoms with Crippen LogP contribution in [0.25, 0.3) is 0 Å². The van der Waals surface area contributed by atoms with Crippen LogP contribution >= 0.6 is 15.9 Å². The molecule has 0 radical (unpaired) electrons. The normalized spacial score (nSPS) is 10.6. The van der Waals surface area contributed by atoms with Crippen LogP contribution in [0.3, 0.4) is 0 Å². The topological polar surface area (TPSA) is 72.0 Å². The van der Waals surface area contributed by atoms with E-state index in [4.69, 9.17) is 9.47 Å². The smallest absolute Gasteiger partial charge is 0.259 e. The van der Waals surface area contributed by atoms with Crippen molar-refractivity contribution in [3.05, 3.63) is 52.0 Å². The summed E-state index contributed by atoms with van der Waals surface area (Å²) < 4.78 is 11.3. The molecule has 0 aromatic heterocycles. The van der Waals surface area contributed by atoms with Gasteiger partial charge in [0, 0.05) is 17.3 Å². The Labute approximate surface area is 155 Å². The molecule has 0 atom stereocenters. The van der Waals surface area contributed by atoms with E-state index < -0.39 is 0 Å². The van der Waals surface area contributed by atoms with Crippen LogP contribution in [0.5, 0.6) is 11.5 Å². The van der Waals surface area contributed by atoms with Crippen molar-refractivity contribution in [1.82, 2.24) is 5.43 Å². The van der Waals surface area contributed by atoms with Gasteiger partial charge in [-0.05, 0) is 46.6 Å². The van der Waals surface area contributed by atoms with Crippen LogP contribution in [0.2, 0.25) is 0 Å². The number of carbonyl (C=O) groups excluding carboxylic acids is 1. The molecule has 0 saturated carbocycles. The fourth-order valence-electron chi connectivity index (χ4n) is 2.13. The minimum atomic E-state index is -0.246. The number of aryl methyl sites for hydroxylation is 1. The van der Waals surface area contributed by atoms with Gasteiger partial charge in [-0.25, -0.2) is 5.43 Å². The van der Waals surface area contributed by atoms with Crippen LogP contribution in [-0.4, -0.2) is 32.9 Å². The molecule has 2 N–H and O–H groups in total. The number of nitrogens with zero attached hydrogens (tertiary/aromatic N) is 1. The van der Waals surface area contributed by atoms with E-state index in [0.29, 0.717) is 17.1 Å². The first-order valence-corrected chi connectivity index (χ1v) is 8.36. The summed E-state index contributed by atoms with van der Waals surface area (Å²) in [6.07, 6.45) is 1.52. The van der Waals surface area contributed by atoms with Gasteiger partial charge in [0.25, 0.3) is 5.91 Å². The molecule has 0 aliphatic heterocycles. The molecule has 1 amide bonds. The molecule has 0 fully saturated rings. The van der Waals surface area contributed by atoms with Crippen molar-refractivity contribution >= 4 is 33.7 Å². The summed E-state index contributed by atoms with van der Waals surface area (Å²) in [5.74, 6) is 1.00. The molecular formula is C18H20BrN3O3. The average molecular weight is 406 g/mol. The maximum Gasteiger partial charge on any atom is 0.259 e. The molecule has 0 unspecified atom stereocenters. The van der Waals surface area contributed by atoms with Gasteiger partial charge in [0.2, 0.25) is 0 Å². The van der Waals surface area contributed by atoms with Gasteiger partial charge in [-0.1, -0.05) is 12.1 Å². The Hall–Kier alpha value is -2.54. The summed E-state index contributed by atoms with van der Waals surface area (Å²) in [6.45, 7) is 2.13. The summed E-state index contributed by atoms with van der Waals surface area (Å²) in [7, 11) is 3.14. The van der Waals surface area contributed by atoms with Crippen molar-refractivity contribution in [3.63, 3.8) is 0 Å². The van der Waals surface area contributed by atoms with Gasteiger partial charge in [-0.3, -0.25) is 4.79 Å². The first kappa shape index (κ1) is 18.8. The van der Waals surface area contributed by atoms with Crippen LogP contribution in [0.15, 0.2) is 46.0 Å². The lowest BCUT2D eigenvalue weighted by molar-refractivity contribution is -0.119. The molecule has 25 heavy (non-hydrogen) atoms. The van der Waals surface area contributed by atoms with Crippen molar-refractivity contribution in [3.8, 4) is 11.5 Å². The fourth-order valence-corrected chi connectivity index (χ4v) is 2.66. The van der Waals surface area contributed by atoms with E-state index in [9.17, 15) is 4.79 Å². The van der Waals surface area contributed by atoms with Gasteiger partial charge in [-0.15, -0.1) is 0 Å². The number of rotatable bonds is 7. The lowest BCUT2D eigenvalue weighted by Crippen LogP contribution is -2.25. The number of methoxy groups -OCH3 is 2. The third-order valence-electron chi connectivity index (χ3n) is 3.37. The van der Waals surface area contributed by atoms with Crippen molar-refractivity contribution in [1.29, 1.82) is 0 Å². The third-order valence-corrected chi connectivity index (χ3v) is 3.99. The predicted octanol–water partition coefficient (Wildman–Crippen LogP) is 3.34. The van der Waals surface area contributed by atoms with Crippen molar-refractivity contribution in [2.24, 2.45) is 5.10 Å². The van der Waals surface area contributed by atoms with Crippen molar-refractivity contribution in [2.75, 3.05) is 26.1 Å². The van der Waals surface area contributed by atoms with E-state index in [2.05, 4.69) is 31.8 Å². The SMILES string of the molecule is COc1cc(OC)c(/C=N\NC(=O)CNc2cccc(C)c2)cc1Br. The van der Waals surface area contributed by atoms with E-state index in [1.165, 1.54) is 6.21 Å². The van der Waals surface area contributed by atoms with Crippen LogP contribution in [0.1, 0.15) is 11.1 Å². The van der Waals surface area contributed by atoms with Gasteiger partial charge in [0.05, 0.1) is 31.5 Å². The Balaban J connectivity index is 1.94. The highest BCUT2D eigenvalue weighted by atomic mass is 79.9. The minimum Gasteiger partial charge on any atom is -0.496 e. The predicted molar refractivity (Wildman–Crippen MR) is 103 cm³/mol. The summed E-state index contributed by atoms with van der Waals surface area (Å²) >= 11 is 3.41. The van der Waals surface area contributed by atoms with E-state index in [-0.39, 0.29) is 12.5 Å². The average Bonchev–Trinajstić information content (AvgIpc) is 2.60.